The summed E-state index contributed by atoms with van der Waals surface area (Å²) in [7, 11) is 0. The minimum atomic E-state index is 0.920. The molecule has 5 heteroatoms. The quantitative estimate of drug-likeness (QED) is 0.451. The van der Waals surface area contributed by atoms with Gasteiger partial charge in [-0.05, 0) is 38.0 Å². The first-order chi connectivity index (χ1) is 12.6. The summed E-state index contributed by atoms with van der Waals surface area (Å²) in [5.41, 5.74) is 8.99. The van der Waals surface area contributed by atoms with E-state index in [-0.39, 0.29) is 0 Å². The molecular weight excluding hydrogens is 340 g/mol. The van der Waals surface area contributed by atoms with Gasteiger partial charge in [0.2, 0.25) is 0 Å². The summed E-state index contributed by atoms with van der Waals surface area (Å²) in [5, 5.41) is 2.05. The summed E-state index contributed by atoms with van der Waals surface area (Å²) in [5.74, 6) is 0.920. The van der Waals surface area contributed by atoms with E-state index >= 15 is 0 Å². The van der Waals surface area contributed by atoms with Crippen LogP contribution in [0.15, 0.2) is 48.1 Å². The van der Waals surface area contributed by atoms with Crippen LogP contribution in [0.2, 0.25) is 0 Å². The number of hydrogen-bond donors (Lipinski definition) is 1. The number of thiazole rings is 1. The number of imidazole rings is 2. The van der Waals surface area contributed by atoms with E-state index in [0.29, 0.717) is 0 Å². The van der Waals surface area contributed by atoms with Crippen LogP contribution in [-0.4, -0.2) is 19.4 Å². The van der Waals surface area contributed by atoms with Crippen LogP contribution in [0, 0.1) is 20.8 Å². The average Bonchev–Trinajstić information content (AvgIpc) is 3.27. The second kappa shape index (κ2) is 5.54. The molecule has 4 nitrogen and oxygen atoms in total. The summed E-state index contributed by atoms with van der Waals surface area (Å²) in [4.78, 5) is 14.2. The first kappa shape index (κ1) is 15.3. The minimum absolute atomic E-state index is 0.920. The van der Waals surface area contributed by atoms with E-state index in [1.165, 1.54) is 22.3 Å². The molecule has 0 aliphatic rings. The van der Waals surface area contributed by atoms with Gasteiger partial charge in [0.05, 0.1) is 16.7 Å². The van der Waals surface area contributed by atoms with E-state index in [1.807, 2.05) is 17.6 Å². The molecule has 5 rings (SSSR count). The molecule has 0 spiro atoms. The monoisotopic (exact) mass is 358 g/mol. The van der Waals surface area contributed by atoms with Crippen molar-refractivity contribution in [1.29, 1.82) is 0 Å². The number of rotatable bonds is 2. The molecule has 0 atom stereocenters. The second-order valence-corrected chi connectivity index (χ2v) is 7.65. The fraction of sp³-hybridized carbons (Fsp3) is 0.143. The highest BCUT2D eigenvalue weighted by atomic mass is 32.1. The third-order valence-corrected chi connectivity index (χ3v) is 5.57. The Kier molecular flexibility index (Phi) is 3.27. The van der Waals surface area contributed by atoms with Crippen molar-refractivity contribution in [2.75, 3.05) is 0 Å². The van der Waals surface area contributed by atoms with Gasteiger partial charge in [0, 0.05) is 28.9 Å². The van der Waals surface area contributed by atoms with Crippen molar-refractivity contribution >= 4 is 27.3 Å². The topological polar surface area (TPSA) is 46.0 Å². The minimum Gasteiger partial charge on any atom is -0.337 e. The molecule has 0 amide bonds. The van der Waals surface area contributed by atoms with Gasteiger partial charge in [-0.3, -0.25) is 4.40 Å². The van der Waals surface area contributed by atoms with Crippen molar-refractivity contribution in [3.63, 3.8) is 0 Å². The number of benzene rings is 2. The largest absolute Gasteiger partial charge is 0.337 e. The molecule has 2 aromatic carbocycles. The summed E-state index contributed by atoms with van der Waals surface area (Å²) >= 11 is 1.64. The van der Waals surface area contributed by atoms with Crippen molar-refractivity contribution in [2.45, 2.75) is 20.8 Å². The fourth-order valence-electron chi connectivity index (χ4n) is 3.77. The first-order valence-electron chi connectivity index (χ1n) is 8.59. The van der Waals surface area contributed by atoms with Crippen LogP contribution in [0.1, 0.15) is 16.7 Å². The Morgan fingerprint density at radius 1 is 1.04 bits per heavy atom. The lowest BCUT2D eigenvalue weighted by Crippen LogP contribution is -1.91. The van der Waals surface area contributed by atoms with Crippen molar-refractivity contribution in [1.82, 2.24) is 19.4 Å². The molecule has 3 heterocycles. The predicted octanol–water partition coefficient (Wildman–Crippen LogP) is 5.53. The van der Waals surface area contributed by atoms with Crippen molar-refractivity contribution < 1.29 is 0 Å². The summed E-state index contributed by atoms with van der Waals surface area (Å²) in [6.07, 6.45) is 4.11. The molecule has 5 aromatic rings. The van der Waals surface area contributed by atoms with Crippen LogP contribution >= 0.6 is 11.3 Å². The number of H-pyrrole nitrogens is 1. The van der Waals surface area contributed by atoms with Gasteiger partial charge in [-0.15, -0.1) is 11.3 Å². The Labute approximate surface area is 155 Å². The van der Waals surface area contributed by atoms with Gasteiger partial charge in [0.15, 0.2) is 4.96 Å². The normalized spacial score (nSPS) is 11.7. The van der Waals surface area contributed by atoms with E-state index in [1.54, 1.807) is 11.3 Å². The maximum Gasteiger partial charge on any atom is 0.194 e. The van der Waals surface area contributed by atoms with E-state index in [4.69, 9.17) is 9.97 Å². The van der Waals surface area contributed by atoms with E-state index < -0.39 is 0 Å². The van der Waals surface area contributed by atoms with Gasteiger partial charge in [0.25, 0.3) is 0 Å². The first-order valence-corrected chi connectivity index (χ1v) is 9.47. The number of aromatic nitrogens is 4. The lowest BCUT2D eigenvalue weighted by Gasteiger charge is -2.08. The third-order valence-electron chi connectivity index (χ3n) is 4.80. The number of nitrogens with one attached hydrogen (secondary N) is 1. The Balaban J connectivity index is 1.73. The number of nitrogens with zero attached hydrogens (tertiary/aromatic N) is 3. The van der Waals surface area contributed by atoms with Gasteiger partial charge >= 0.3 is 0 Å². The second-order valence-electron chi connectivity index (χ2n) is 6.78. The van der Waals surface area contributed by atoms with Crippen molar-refractivity contribution in [3.05, 3.63) is 64.8 Å². The lowest BCUT2D eigenvalue weighted by molar-refractivity contribution is 1.23. The Hall–Kier alpha value is -2.92. The summed E-state index contributed by atoms with van der Waals surface area (Å²) in [6, 6.07) is 10.6. The van der Waals surface area contributed by atoms with Crippen LogP contribution in [0.5, 0.6) is 0 Å². The van der Waals surface area contributed by atoms with E-state index in [9.17, 15) is 0 Å². The molecule has 3 aromatic heterocycles. The predicted molar refractivity (Wildman–Crippen MR) is 108 cm³/mol. The van der Waals surface area contributed by atoms with Crippen molar-refractivity contribution in [3.8, 4) is 22.6 Å². The molecule has 0 bridgehead atoms. The third kappa shape index (κ3) is 2.28. The molecule has 26 heavy (non-hydrogen) atoms. The van der Waals surface area contributed by atoms with Crippen LogP contribution in [0.4, 0.5) is 0 Å². The average molecular weight is 358 g/mol. The van der Waals surface area contributed by atoms with Crippen LogP contribution in [-0.2, 0) is 0 Å². The zero-order chi connectivity index (χ0) is 17.8. The van der Waals surface area contributed by atoms with Gasteiger partial charge in [0.1, 0.15) is 5.82 Å². The SMILES string of the molecule is Cc1cc(C)c(-c2nc3cccc(-c4cn5ccsc5n4)c3[nH]2)c(C)c1. The van der Waals surface area contributed by atoms with E-state index in [0.717, 1.165) is 33.1 Å². The van der Waals surface area contributed by atoms with Crippen LogP contribution in [0.3, 0.4) is 0 Å². The van der Waals surface area contributed by atoms with Crippen molar-refractivity contribution in [2.24, 2.45) is 0 Å². The number of aryl methyl sites for hydroxylation is 3. The fourth-order valence-corrected chi connectivity index (χ4v) is 4.47. The lowest BCUT2D eigenvalue weighted by atomic mass is 9.99. The zero-order valence-electron chi connectivity index (χ0n) is 14.9. The summed E-state index contributed by atoms with van der Waals surface area (Å²) in [6.45, 7) is 6.42. The molecule has 0 saturated carbocycles. The van der Waals surface area contributed by atoms with Gasteiger partial charge in [-0.1, -0.05) is 29.8 Å². The highest BCUT2D eigenvalue weighted by Gasteiger charge is 2.15. The maximum atomic E-state index is 4.87. The zero-order valence-corrected chi connectivity index (χ0v) is 15.7. The number of para-hydroxylation sites is 1. The van der Waals surface area contributed by atoms with Gasteiger partial charge < -0.3 is 4.98 Å². The molecular formula is C21H18N4S. The maximum absolute atomic E-state index is 4.87. The van der Waals surface area contributed by atoms with Crippen LogP contribution < -0.4 is 0 Å². The molecule has 128 valence electrons. The number of aromatic amines is 1. The molecule has 0 aliphatic carbocycles. The Bertz CT molecular complexity index is 1220. The smallest absolute Gasteiger partial charge is 0.194 e. The number of hydrogen-bond acceptors (Lipinski definition) is 3. The summed E-state index contributed by atoms with van der Waals surface area (Å²) < 4.78 is 2.06. The highest BCUT2D eigenvalue weighted by molar-refractivity contribution is 7.15. The van der Waals surface area contributed by atoms with Gasteiger partial charge in [-0.2, -0.15) is 0 Å². The molecule has 0 saturated heterocycles. The molecule has 0 radical (unpaired) electrons. The van der Waals surface area contributed by atoms with Crippen LogP contribution in [0.25, 0.3) is 38.6 Å². The van der Waals surface area contributed by atoms with E-state index in [2.05, 4.69) is 60.6 Å². The van der Waals surface area contributed by atoms with Gasteiger partial charge in [-0.25, -0.2) is 9.97 Å². The molecule has 0 fully saturated rings. The molecule has 0 unspecified atom stereocenters. The standard InChI is InChI=1S/C21H18N4S/c1-12-9-13(2)18(14(3)10-12)20-22-16-6-4-5-15(19(16)24-20)17-11-25-7-8-26-21(25)23-17/h4-11H,1-3H3,(H,22,24). The number of fused-ring (bicyclic) bond motifs is 2. The Morgan fingerprint density at radius 3 is 2.62 bits per heavy atom. The molecule has 1 N–H and O–H groups in total. The molecule has 0 aliphatic heterocycles. The Morgan fingerprint density at radius 2 is 1.85 bits per heavy atom. The highest BCUT2D eigenvalue weighted by Crippen LogP contribution is 2.32.